The van der Waals surface area contributed by atoms with Crippen molar-refractivity contribution < 1.29 is 23.4 Å². The van der Waals surface area contributed by atoms with Crippen LogP contribution in [0.5, 0.6) is 5.75 Å². The van der Waals surface area contributed by atoms with Crippen LogP contribution in [0.2, 0.25) is 0 Å². The number of aliphatic hydroxyl groups excluding tert-OH is 1. The fourth-order valence-corrected chi connectivity index (χ4v) is 2.07. The van der Waals surface area contributed by atoms with Gasteiger partial charge in [-0.05, 0) is 41.8 Å². The first kappa shape index (κ1) is 16.9. The van der Waals surface area contributed by atoms with Crippen molar-refractivity contribution >= 4 is 11.6 Å². The second-order valence-corrected chi connectivity index (χ2v) is 5.05. The number of alkyl halides is 2. The summed E-state index contributed by atoms with van der Waals surface area (Å²) in [5.74, 6) is -0.179. The predicted molar refractivity (Wildman–Crippen MR) is 82.5 cm³/mol. The lowest BCUT2D eigenvalue weighted by molar-refractivity contribution is -0.115. The van der Waals surface area contributed by atoms with Gasteiger partial charge in [-0.3, -0.25) is 4.79 Å². The lowest BCUT2D eigenvalue weighted by atomic mass is 10.1. The normalized spacial score (nSPS) is 10.7. The molecule has 0 atom stereocenters. The number of amides is 1. The molecule has 0 aliphatic rings. The maximum Gasteiger partial charge on any atom is 0.387 e. The number of benzene rings is 2. The van der Waals surface area contributed by atoms with Gasteiger partial charge < -0.3 is 15.2 Å². The summed E-state index contributed by atoms with van der Waals surface area (Å²) in [5.41, 5.74) is 2.91. The molecule has 0 heterocycles. The molecule has 2 N–H and O–H groups in total. The molecule has 2 rings (SSSR count). The van der Waals surface area contributed by atoms with Crippen molar-refractivity contribution in [3.63, 3.8) is 0 Å². The Kier molecular flexibility index (Phi) is 5.65. The number of nitrogens with one attached hydrogen (secondary N) is 1. The van der Waals surface area contributed by atoms with E-state index in [1.807, 2.05) is 13.0 Å². The molecule has 0 spiro atoms. The molecule has 0 saturated heterocycles. The molecule has 0 aliphatic heterocycles. The summed E-state index contributed by atoms with van der Waals surface area (Å²) >= 11 is 0. The van der Waals surface area contributed by atoms with Crippen LogP contribution in [0.15, 0.2) is 42.5 Å². The summed E-state index contributed by atoms with van der Waals surface area (Å²) < 4.78 is 28.4. The molecule has 0 aliphatic carbocycles. The monoisotopic (exact) mass is 321 g/mol. The van der Waals surface area contributed by atoms with Gasteiger partial charge in [0.05, 0.1) is 13.0 Å². The van der Waals surface area contributed by atoms with Crippen LogP contribution in [0.3, 0.4) is 0 Å². The van der Waals surface area contributed by atoms with E-state index in [4.69, 9.17) is 5.11 Å². The summed E-state index contributed by atoms with van der Waals surface area (Å²) in [6.07, 6.45) is 0.109. The van der Waals surface area contributed by atoms with Crippen molar-refractivity contribution in [3.05, 3.63) is 59.2 Å². The summed E-state index contributed by atoms with van der Waals surface area (Å²) in [5, 5.41) is 11.9. The number of aryl methyl sites for hydroxylation is 1. The fraction of sp³-hybridized carbons (Fsp3) is 0.235. The van der Waals surface area contributed by atoms with Crippen LogP contribution in [-0.2, 0) is 17.8 Å². The van der Waals surface area contributed by atoms with Crippen molar-refractivity contribution in [2.45, 2.75) is 26.6 Å². The van der Waals surface area contributed by atoms with E-state index in [9.17, 15) is 13.6 Å². The Morgan fingerprint density at radius 3 is 2.43 bits per heavy atom. The first-order valence-electron chi connectivity index (χ1n) is 7.02. The molecule has 0 fully saturated rings. The molecule has 4 nitrogen and oxygen atoms in total. The molecule has 1 amide bonds. The summed E-state index contributed by atoms with van der Waals surface area (Å²) in [6, 6.07) is 11.2. The molecule has 23 heavy (non-hydrogen) atoms. The molecule has 6 heteroatoms. The minimum Gasteiger partial charge on any atom is -0.435 e. The molecular formula is C17H17F2NO3. The number of hydrogen-bond acceptors (Lipinski definition) is 3. The Bertz CT molecular complexity index is 672. The van der Waals surface area contributed by atoms with Crippen molar-refractivity contribution in [2.24, 2.45) is 0 Å². The van der Waals surface area contributed by atoms with E-state index in [2.05, 4.69) is 10.1 Å². The molecule has 0 aromatic heterocycles. The zero-order chi connectivity index (χ0) is 16.8. The van der Waals surface area contributed by atoms with Gasteiger partial charge in [0.15, 0.2) is 0 Å². The second-order valence-electron chi connectivity index (χ2n) is 5.05. The third-order valence-electron chi connectivity index (χ3n) is 3.27. The highest BCUT2D eigenvalue weighted by Gasteiger charge is 2.08. The highest BCUT2D eigenvalue weighted by Crippen LogP contribution is 2.18. The average molecular weight is 321 g/mol. The van der Waals surface area contributed by atoms with E-state index in [1.165, 1.54) is 12.1 Å². The van der Waals surface area contributed by atoms with Gasteiger partial charge in [-0.25, -0.2) is 0 Å². The van der Waals surface area contributed by atoms with Crippen molar-refractivity contribution in [2.75, 3.05) is 5.32 Å². The maximum atomic E-state index is 12.1. The van der Waals surface area contributed by atoms with E-state index in [1.54, 1.807) is 24.3 Å². The van der Waals surface area contributed by atoms with Gasteiger partial charge >= 0.3 is 6.61 Å². The van der Waals surface area contributed by atoms with Gasteiger partial charge in [0.2, 0.25) is 5.91 Å². The predicted octanol–water partition coefficient (Wildman–Crippen LogP) is 3.27. The van der Waals surface area contributed by atoms with Gasteiger partial charge in [-0.2, -0.15) is 8.78 Å². The number of ether oxygens (including phenoxy) is 1. The third-order valence-corrected chi connectivity index (χ3v) is 3.27. The topological polar surface area (TPSA) is 58.6 Å². The van der Waals surface area contributed by atoms with Crippen LogP contribution < -0.4 is 10.1 Å². The maximum absolute atomic E-state index is 12.1. The average Bonchev–Trinajstić information content (AvgIpc) is 2.51. The van der Waals surface area contributed by atoms with Crippen LogP contribution >= 0.6 is 0 Å². The van der Waals surface area contributed by atoms with Gasteiger partial charge in [-0.15, -0.1) is 0 Å². The number of carbonyl (C=O) groups excluding carboxylic acids is 1. The smallest absolute Gasteiger partial charge is 0.387 e. The molecule has 0 radical (unpaired) electrons. The summed E-state index contributed by atoms with van der Waals surface area (Å²) in [7, 11) is 0. The van der Waals surface area contributed by atoms with Crippen LogP contribution in [-0.4, -0.2) is 17.6 Å². The lowest BCUT2D eigenvalue weighted by Crippen LogP contribution is -2.15. The number of halogens is 2. The van der Waals surface area contributed by atoms with E-state index in [0.29, 0.717) is 16.8 Å². The van der Waals surface area contributed by atoms with Gasteiger partial charge in [0, 0.05) is 5.69 Å². The Morgan fingerprint density at radius 1 is 1.17 bits per heavy atom. The molecular weight excluding hydrogens is 304 g/mol. The SMILES string of the molecule is Cc1ccc(CO)cc1NC(=O)Cc1ccc(OC(F)F)cc1. The molecule has 2 aromatic carbocycles. The largest absolute Gasteiger partial charge is 0.435 e. The van der Waals surface area contributed by atoms with Crippen molar-refractivity contribution in [1.82, 2.24) is 0 Å². The number of rotatable bonds is 6. The Labute approximate surface area is 132 Å². The molecule has 122 valence electrons. The Morgan fingerprint density at radius 2 is 1.83 bits per heavy atom. The Balaban J connectivity index is 1.99. The summed E-state index contributed by atoms with van der Waals surface area (Å²) in [4.78, 5) is 12.1. The van der Waals surface area contributed by atoms with Crippen molar-refractivity contribution in [3.8, 4) is 5.75 Å². The molecule has 0 unspecified atom stereocenters. The number of anilines is 1. The highest BCUT2D eigenvalue weighted by molar-refractivity contribution is 5.93. The van der Waals surface area contributed by atoms with E-state index >= 15 is 0 Å². The van der Waals surface area contributed by atoms with Crippen LogP contribution in [0.4, 0.5) is 14.5 Å². The molecule has 0 saturated carbocycles. The first-order chi connectivity index (χ1) is 11.0. The standard InChI is InChI=1S/C17H17F2NO3/c1-11-2-3-13(10-21)8-15(11)20-16(22)9-12-4-6-14(7-5-12)23-17(18)19/h2-8,17,21H,9-10H2,1H3,(H,20,22). The summed E-state index contributed by atoms with van der Waals surface area (Å²) in [6.45, 7) is -1.12. The highest BCUT2D eigenvalue weighted by atomic mass is 19.3. The number of carbonyl (C=O) groups is 1. The van der Waals surface area contributed by atoms with Gasteiger partial charge in [0.1, 0.15) is 5.75 Å². The molecule has 0 bridgehead atoms. The minimum absolute atomic E-state index is 0.0515. The zero-order valence-corrected chi connectivity index (χ0v) is 12.6. The van der Waals surface area contributed by atoms with Crippen LogP contribution in [0.25, 0.3) is 0 Å². The van der Waals surface area contributed by atoms with E-state index < -0.39 is 6.61 Å². The minimum atomic E-state index is -2.87. The van der Waals surface area contributed by atoms with Crippen LogP contribution in [0, 0.1) is 6.92 Å². The number of aliphatic hydroxyl groups is 1. The van der Waals surface area contributed by atoms with E-state index in [0.717, 1.165) is 5.56 Å². The zero-order valence-electron chi connectivity index (χ0n) is 12.6. The quantitative estimate of drug-likeness (QED) is 0.858. The van der Waals surface area contributed by atoms with Crippen molar-refractivity contribution in [1.29, 1.82) is 0 Å². The Hall–Kier alpha value is -2.47. The second kappa shape index (κ2) is 7.69. The van der Waals surface area contributed by atoms with Gasteiger partial charge in [0.25, 0.3) is 0 Å². The van der Waals surface area contributed by atoms with Crippen LogP contribution in [0.1, 0.15) is 16.7 Å². The first-order valence-corrected chi connectivity index (χ1v) is 7.02. The fourth-order valence-electron chi connectivity index (χ4n) is 2.07. The molecule has 2 aromatic rings. The van der Waals surface area contributed by atoms with E-state index in [-0.39, 0.29) is 24.7 Å². The number of hydrogen-bond donors (Lipinski definition) is 2. The van der Waals surface area contributed by atoms with Gasteiger partial charge in [-0.1, -0.05) is 24.3 Å². The third kappa shape index (κ3) is 5.03. The lowest BCUT2D eigenvalue weighted by Gasteiger charge is -2.10.